The van der Waals surface area contributed by atoms with E-state index in [-0.39, 0.29) is 5.91 Å². The lowest BCUT2D eigenvalue weighted by Crippen LogP contribution is -2.12. The zero-order chi connectivity index (χ0) is 16.8. The van der Waals surface area contributed by atoms with Gasteiger partial charge in [0.25, 0.3) is 5.91 Å². The number of carbonyl (C=O) groups excluding carboxylic acids is 1. The van der Waals surface area contributed by atoms with Crippen LogP contribution in [0.15, 0.2) is 66.2 Å². The largest absolute Gasteiger partial charge is 0.297 e. The van der Waals surface area contributed by atoms with Crippen LogP contribution in [-0.4, -0.2) is 16.1 Å². The number of anilines is 1. The average molecular weight is 335 g/mol. The third kappa shape index (κ3) is 4.36. The van der Waals surface area contributed by atoms with E-state index < -0.39 is 0 Å². The zero-order valence-electron chi connectivity index (χ0n) is 13.3. The molecule has 1 heterocycles. The number of nitrogens with zero attached hydrogens (tertiary/aromatic N) is 2. The van der Waals surface area contributed by atoms with Gasteiger partial charge in [-0.25, -0.2) is 0 Å². The van der Waals surface area contributed by atoms with Crippen LogP contribution in [0, 0.1) is 0 Å². The molecule has 0 aliphatic rings. The predicted molar refractivity (Wildman–Crippen MR) is 97.9 cm³/mol. The summed E-state index contributed by atoms with van der Waals surface area (Å²) in [5.74, 6) is -0.165. The molecule has 5 heteroatoms. The summed E-state index contributed by atoms with van der Waals surface area (Å²) in [7, 11) is 0. The molecule has 0 fully saturated rings. The monoisotopic (exact) mass is 335 g/mol. The Hall–Kier alpha value is -2.79. The second-order valence-electron chi connectivity index (χ2n) is 5.36. The summed E-state index contributed by atoms with van der Waals surface area (Å²) < 4.78 is 0. The molecular formula is C19H17N3OS. The fourth-order valence-electron chi connectivity index (χ4n) is 2.21. The summed E-state index contributed by atoms with van der Waals surface area (Å²) in [6, 6.07) is 19.8. The quantitative estimate of drug-likeness (QED) is 0.712. The van der Waals surface area contributed by atoms with Gasteiger partial charge in [0.05, 0.1) is 0 Å². The van der Waals surface area contributed by atoms with Gasteiger partial charge in [0.2, 0.25) is 5.13 Å². The molecule has 0 radical (unpaired) electrons. The maximum absolute atomic E-state index is 12.2. The molecule has 24 heavy (non-hydrogen) atoms. The molecule has 2 aromatic carbocycles. The van der Waals surface area contributed by atoms with E-state index >= 15 is 0 Å². The van der Waals surface area contributed by atoms with Crippen LogP contribution >= 0.6 is 11.3 Å². The molecule has 3 aromatic rings. The lowest BCUT2D eigenvalue weighted by Gasteiger charge is -2.01. The SMILES string of the molecule is CC(=Cc1ccccc1)C(=O)Nc1nnc(Cc2ccccc2)s1. The van der Waals surface area contributed by atoms with E-state index in [1.807, 2.05) is 66.7 Å². The first-order valence-corrected chi connectivity index (χ1v) is 8.43. The van der Waals surface area contributed by atoms with Gasteiger partial charge < -0.3 is 0 Å². The van der Waals surface area contributed by atoms with Gasteiger partial charge in [-0.15, -0.1) is 10.2 Å². The molecule has 0 saturated carbocycles. The first kappa shape index (κ1) is 16.1. The molecule has 0 atom stereocenters. The number of rotatable bonds is 5. The lowest BCUT2D eigenvalue weighted by atomic mass is 10.1. The van der Waals surface area contributed by atoms with E-state index in [9.17, 15) is 4.79 Å². The minimum atomic E-state index is -0.165. The Morgan fingerprint density at radius 2 is 1.71 bits per heavy atom. The van der Waals surface area contributed by atoms with E-state index in [0.717, 1.165) is 10.6 Å². The fraction of sp³-hybridized carbons (Fsp3) is 0.105. The normalized spacial score (nSPS) is 11.3. The fourth-order valence-corrected chi connectivity index (χ4v) is 2.98. The van der Waals surface area contributed by atoms with Crippen molar-refractivity contribution in [3.05, 3.63) is 82.4 Å². The summed E-state index contributed by atoms with van der Waals surface area (Å²) >= 11 is 1.40. The minimum Gasteiger partial charge on any atom is -0.297 e. The first-order valence-electron chi connectivity index (χ1n) is 7.62. The first-order chi connectivity index (χ1) is 11.7. The van der Waals surface area contributed by atoms with Crippen molar-refractivity contribution in [2.45, 2.75) is 13.3 Å². The number of hydrogen-bond acceptors (Lipinski definition) is 4. The van der Waals surface area contributed by atoms with Gasteiger partial charge >= 0.3 is 0 Å². The van der Waals surface area contributed by atoms with Crippen molar-refractivity contribution in [1.29, 1.82) is 0 Å². The van der Waals surface area contributed by atoms with Crippen LogP contribution in [-0.2, 0) is 11.2 Å². The van der Waals surface area contributed by atoms with Gasteiger partial charge in [0, 0.05) is 12.0 Å². The van der Waals surface area contributed by atoms with E-state index in [1.165, 1.54) is 16.9 Å². The van der Waals surface area contributed by atoms with Crippen molar-refractivity contribution >= 4 is 28.5 Å². The van der Waals surface area contributed by atoms with Gasteiger partial charge in [-0.1, -0.05) is 72.0 Å². The van der Waals surface area contributed by atoms with Gasteiger partial charge in [0.1, 0.15) is 5.01 Å². The van der Waals surface area contributed by atoms with Gasteiger partial charge in [-0.05, 0) is 24.1 Å². The van der Waals surface area contributed by atoms with Crippen LogP contribution in [0.1, 0.15) is 23.1 Å². The van der Waals surface area contributed by atoms with E-state index in [1.54, 1.807) is 6.92 Å². The van der Waals surface area contributed by atoms with E-state index in [0.29, 0.717) is 17.1 Å². The number of hydrogen-bond donors (Lipinski definition) is 1. The third-order valence-electron chi connectivity index (χ3n) is 3.43. The summed E-state index contributed by atoms with van der Waals surface area (Å²) in [5.41, 5.74) is 2.79. The second kappa shape index (κ2) is 7.66. The standard InChI is InChI=1S/C19H17N3OS/c1-14(12-15-8-4-2-5-9-15)18(23)20-19-22-21-17(24-19)13-16-10-6-3-7-11-16/h2-12H,13H2,1H3,(H,20,22,23). The Balaban J connectivity index is 1.64. The van der Waals surface area contributed by atoms with Crippen molar-refractivity contribution in [2.24, 2.45) is 0 Å². The van der Waals surface area contributed by atoms with Crippen molar-refractivity contribution in [1.82, 2.24) is 10.2 Å². The number of amides is 1. The molecule has 0 bridgehead atoms. The molecule has 1 amide bonds. The van der Waals surface area contributed by atoms with Crippen LogP contribution in [0.2, 0.25) is 0 Å². The summed E-state index contributed by atoms with van der Waals surface area (Å²) in [6.07, 6.45) is 2.56. The Bertz CT molecular complexity index is 841. The van der Waals surface area contributed by atoms with E-state index in [4.69, 9.17) is 0 Å². The topological polar surface area (TPSA) is 54.9 Å². The Labute approximate surface area is 144 Å². The smallest absolute Gasteiger partial charge is 0.253 e. The van der Waals surface area contributed by atoms with Gasteiger partial charge in [0.15, 0.2) is 0 Å². The average Bonchev–Trinajstić information content (AvgIpc) is 3.03. The summed E-state index contributed by atoms with van der Waals surface area (Å²) in [6.45, 7) is 1.79. The molecule has 4 nitrogen and oxygen atoms in total. The molecule has 1 aromatic heterocycles. The number of benzene rings is 2. The summed E-state index contributed by atoms with van der Waals surface area (Å²) in [4.78, 5) is 12.2. The zero-order valence-corrected chi connectivity index (χ0v) is 14.1. The maximum atomic E-state index is 12.2. The molecule has 3 rings (SSSR count). The minimum absolute atomic E-state index is 0.165. The number of carbonyl (C=O) groups is 1. The molecule has 0 spiro atoms. The van der Waals surface area contributed by atoms with Crippen LogP contribution < -0.4 is 5.32 Å². The molecule has 0 aliphatic carbocycles. The third-order valence-corrected chi connectivity index (χ3v) is 4.27. The highest BCUT2D eigenvalue weighted by atomic mass is 32.1. The molecule has 1 N–H and O–H groups in total. The van der Waals surface area contributed by atoms with Crippen LogP contribution in [0.3, 0.4) is 0 Å². The van der Waals surface area contributed by atoms with Crippen LogP contribution in [0.25, 0.3) is 6.08 Å². The Morgan fingerprint density at radius 1 is 1.04 bits per heavy atom. The molecular weight excluding hydrogens is 318 g/mol. The highest BCUT2D eigenvalue weighted by Gasteiger charge is 2.10. The Morgan fingerprint density at radius 3 is 2.42 bits per heavy atom. The molecule has 120 valence electrons. The highest BCUT2D eigenvalue weighted by molar-refractivity contribution is 7.15. The van der Waals surface area contributed by atoms with Gasteiger partial charge in [-0.2, -0.15) is 0 Å². The lowest BCUT2D eigenvalue weighted by molar-refractivity contribution is -0.112. The van der Waals surface area contributed by atoms with Crippen LogP contribution in [0.4, 0.5) is 5.13 Å². The summed E-state index contributed by atoms with van der Waals surface area (Å²) in [5, 5.41) is 12.4. The maximum Gasteiger partial charge on any atom is 0.253 e. The van der Waals surface area contributed by atoms with Crippen LogP contribution in [0.5, 0.6) is 0 Å². The predicted octanol–water partition coefficient (Wildman–Crippen LogP) is 4.17. The van der Waals surface area contributed by atoms with Crippen molar-refractivity contribution < 1.29 is 4.79 Å². The van der Waals surface area contributed by atoms with Crippen molar-refractivity contribution in [3.8, 4) is 0 Å². The van der Waals surface area contributed by atoms with Gasteiger partial charge in [-0.3, -0.25) is 10.1 Å². The number of aromatic nitrogens is 2. The second-order valence-corrected chi connectivity index (χ2v) is 6.42. The van der Waals surface area contributed by atoms with Crippen molar-refractivity contribution in [3.63, 3.8) is 0 Å². The van der Waals surface area contributed by atoms with Crippen molar-refractivity contribution in [2.75, 3.05) is 5.32 Å². The molecule has 0 unspecified atom stereocenters. The Kier molecular flexibility index (Phi) is 5.13. The molecule has 0 aliphatic heterocycles. The number of nitrogens with one attached hydrogen (secondary N) is 1. The molecule has 0 saturated heterocycles. The van der Waals surface area contributed by atoms with E-state index in [2.05, 4.69) is 15.5 Å². The highest BCUT2D eigenvalue weighted by Crippen LogP contribution is 2.19.